The predicted octanol–water partition coefficient (Wildman–Crippen LogP) is 1.08. The number of hydrogen-bond acceptors (Lipinski definition) is 7. The average Bonchev–Trinajstić information content (AvgIpc) is 3.41. The third-order valence-electron chi connectivity index (χ3n) is 5.27. The van der Waals surface area contributed by atoms with E-state index in [0.717, 1.165) is 11.3 Å². The Morgan fingerprint density at radius 2 is 1.92 bits per heavy atom. The summed E-state index contributed by atoms with van der Waals surface area (Å²) >= 11 is 0. The molecule has 9 heteroatoms. The zero-order chi connectivity index (χ0) is 17.8. The number of fused-ring (bicyclic) bond motifs is 5. The smallest absolute Gasteiger partial charge is 0.322 e. The highest BCUT2D eigenvalue weighted by Crippen LogP contribution is 2.52. The minimum atomic E-state index is -0.568. The van der Waals surface area contributed by atoms with E-state index in [4.69, 9.17) is 8.83 Å². The van der Waals surface area contributed by atoms with Crippen LogP contribution in [0.25, 0.3) is 11.7 Å². The van der Waals surface area contributed by atoms with E-state index in [1.807, 2.05) is 12.2 Å². The van der Waals surface area contributed by atoms with Gasteiger partial charge in [-0.15, -0.1) is 5.10 Å². The Hall–Kier alpha value is -3.23. The number of furan rings is 1. The predicted molar refractivity (Wildman–Crippen MR) is 85.1 cm³/mol. The van der Waals surface area contributed by atoms with Crippen LogP contribution in [0.3, 0.4) is 0 Å². The molecule has 0 radical (unpaired) electrons. The van der Waals surface area contributed by atoms with E-state index < -0.39 is 5.91 Å². The van der Waals surface area contributed by atoms with Crippen LogP contribution in [0.2, 0.25) is 0 Å². The molecule has 2 aliphatic carbocycles. The lowest BCUT2D eigenvalue weighted by Gasteiger charge is -2.15. The lowest BCUT2D eigenvalue weighted by molar-refractivity contribution is -0.143. The fourth-order valence-electron chi connectivity index (χ4n) is 4.20. The molecule has 1 saturated heterocycles. The normalized spacial score (nSPS) is 28.8. The van der Waals surface area contributed by atoms with E-state index in [2.05, 4.69) is 15.5 Å². The van der Waals surface area contributed by atoms with Gasteiger partial charge in [-0.05, 0) is 30.4 Å². The van der Waals surface area contributed by atoms with Crippen molar-refractivity contribution >= 4 is 23.7 Å². The van der Waals surface area contributed by atoms with Gasteiger partial charge in [0.25, 0.3) is 5.89 Å². The first-order valence-corrected chi connectivity index (χ1v) is 8.32. The van der Waals surface area contributed by atoms with E-state index >= 15 is 0 Å². The first-order chi connectivity index (χ1) is 12.6. The number of nitrogens with zero attached hydrogens (tertiary/aromatic N) is 3. The minimum Gasteiger partial charge on any atom is -0.459 e. The molecule has 9 nitrogen and oxygen atoms in total. The van der Waals surface area contributed by atoms with Crippen molar-refractivity contribution in [1.29, 1.82) is 0 Å². The van der Waals surface area contributed by atoms with Crippen LogP contribution in [0, 0.1) is 23.7 Å². The maximum Gasteiger partial charge on any atom is 0.322 e. The number of carbonyl (C=O) groups excluding carboxylic acids is 3. The Kier molecular flexibility index (Phi) is 3.12. The summed E-state index contributed by atoms with van der Waals surface area (Å²) in [5, 5.41) is 9.89. The second-order valence-electron chi connectivity index (χ2n) is 6.70. The lowest BCUT2D eigenvalue weighted by atomic mass is 9.85. The van der Waals surface area contributed by atoms with Gasteiger partial charge in [-0.1, -0.05) is 17.3 Å². The molecule has 3 heterocycles. The molecule has 3 aliphatic rings. The summed E-state index contributed by atoms with van der Waals surface area (Å²) in [6, 6.07) is 3.19. The zero-order valence-corrected chi connectivity index (χ0v) is 13.5. The molecule has 5 rings (SSSR count). The molecule has 3 amide bonds. The quantitative estimate of drug-likeness (QED) is 0.644. The standard InChI is InChI=1S/C17H14N4O5/c22-11(18-17-20-19-14(26-17)10-2-1-5-25-10)7-21-15(23)12-8-3-4-9(6-8)13(12)16(21)24/h1-5,8-9,12-13H,6-7H2,(H,18,20,22)/t8-,9+,12-,13+. The number of aromatic nitrogens is 2. The van der Waals surface area contributed by atoms with Crippen LogP contribution < -0.4 is 5.32 Å². The Morgan fingerprint density at radius 1 is 1.19 bits per heavy atom. The Labute approximate surface area is 147 Å². The van der Waals surface area contributed by atoms with Crippen molar-refractivity contribution in [1.82, 2.24) is 15.1 Å². The van der Waals surface area contributed by atoms with Crippen LogP contribution in [0.4, 0.5) is 6.01 Å². The largest absolute Gasteiger partial charge is 0.459 e. The number of amides is 3. The van der Waals surface area contributed by atoms with Gasteiger partial charge in [-0.25, -0.2) is 0 Å². The monoisotopic (exact) mass is 354 g/mol. The van der Waals surface area contributed by atoms with Crippen LogP contribution in [0.15, 0.2) is 39.4 Å². The second kappa shape index (κ2) is 5.38. The summed E-state index contributed by atoms with van der Waals surface area (Å²) in [4.78, 5) is 38.4. The van der Waals surface area contributed by atoms with Crippen molar-refractivity contribution in [3.8, 4) is 11.7 Å². The van der Waals surface area contributed by atoms with Gasteiger partial charge in [0.2, 0.25) is 17.7 Å². The van der Waals surface area contributed by atoms with E-state index in [-0.39, 0.29) is 53.9 Å². The van der Waals surface area contributed by atoms with E-state index in [1.165, 1.54) is 6.26 Å². The molecule has 0 aromatic carbocycles. The molecular weight excluding hydrogens is 340 g/mol. The van der Waals surface area contributed by atoms with Crippen LogP contribution in [-0.4, -0.2) is 39.4 Å². The molecule has 1 aliphatic heterocycles. The van der Waals surface area contributed by atoms with Crippen LogP contribution in [0.1, 0.15) is 6.42 Å². The highest BCUT2D eigenvalue weighted by molar-refractivity contribution is 6.09. The highest BCUT2D eigenvalue weighted by Gasteiger charge is 2.59. The molecule has 2 aromatic rings. The number of allylic oxidation sites excluding steroid dienone is 2. The van der Waals surface area contributed by atoms with Gasteiger partial charge in [0.1, 0.15) is 6.54 Å². The summed E-state index contributed by atoms with van der Waals surface area (Å²) in [6.45, 7) is -0.359. The van der Waals surface area contributed by atoms with Crippen molar-refractivity contribution in [2.75, 3.05) is 11.9 Å². The summed E-state index contributed by atoms with van der Waals surface area (Å²) in [6.07, 6.45) is 6.33. The fraction of sp³-hybridized carbons (Fsp3) is 0.353. The van der Waals surface area contributed by atoms with E-state index in [1.54, 1.807) is 12.1 Å². The molecule has 1 saturated carbocycles. The number of nitrogens with one attached hydrogen (secondary N) is 1. The molecule has 132 valence electrons. The van der Waals surface area contributed by atoms with Gasteiger partial charge in [0, 0.05) is 0 Å². The molecule has 2 aromatic heterocycles. The first kappa shape index (κ1) is 15.1. The van der Waals surface area contributed by atoms with Gasteiger partial charge < -0.3 is 8.83 Å². The van der Waals surface area contributed by atoms with Crippen molar-refractivity contribution in [3.63, 3.8) is 0 Å². The number of rotatable bonds is 4. The summed E-state index contributed by atoms with van der Waals surface area (Å²) in [7, 11) is 0. The number of carbonyl (C=O) groups is 3. The molecule has 1 N–H and O–H groups in total. The van der Waals surface area contributed by atoms with Crippen LogP contribution >= 0.6 is 0 Å². The number of hydrogen-bond donors (Lipinski definition) is 1. The maximum absolute atomic E-state index is 12.6. The van der Waals surface area contributed by atoms with Crippen LogP contribution in [0.5, 0.6) is 0 Å². The SMILES string of the molecule is O=C(CN1C(=O)[C@@H]2[C@H](C1=O)[C@@H]1C=C[C@H]2C1)Nc1nnc(-c2ccco2)o1. The van der Waals surface area contributed by atoms with Gasteiger partial charge in [0.05, 0.1) is 18.1 Å². The van der Waals surface area contributed by atoms with Crippen molar-refractivity contribution < 1.29 is 23.2 Å². The van der Waals surface area contributed by atoms with Crippen molar-refractivity contribution in [2.24, 2.45) is 23.7 Å². The van der Waals surface area contributed by atoms with Gasteiger partial charge >= 0.3 is 6.01 Å². The zero-order valence-electron chi connectivity index (χ0n) is 13.5. The highest BCUT2D eigenvalue weighted by atomic mass is 16.4. The Bertz CT molecular complexity index is 901. The van der Waals surface area contributed by atoms with Gasteiger partial charge in [0.15, 0.2) is 5.76 Å². The van der Waals surface area contributed by atoms with Crippen LogP contribution in [-0.2, 0) is 14.4 Å². The maximum atomic E-state index is 12.6. The molecule has 4 atom stereocenters. The van der Waals surface area contributed by atoms with E-state index in [9.17, 15) is 14.4 Å². The third-order valence-corrected chi connectivity index (χ3v) is 5.27. The molecule has 2 fully saturated rings. The average molecular weight is 354 g/mol. The first-order valence-electron chi connectivity index (χ1n) is 8.32. The third kappa shape index (κ3) is 2.13. The molecular formula is C17H14N4O5. The summed E-state index contributed by atoms with van der Waals surface area (Å²) in [5.74, 6) is -1.03. The Morgan fingerprint density at radius 3 is 2.58 bits per heavy atom. The van der Waals surface area contributed by atoms with E-state index in [0.29, 0.717) is 5.76 Å². The minimum absolute atomic E-state index is 0.112. The topological polar surface area (TPSA) is 119 Å². The molecule has 0 spiro atoms. The molecule has 26 heavy (non-hydrogen) atoms. The lowest BCUT2D eigenvalue weighted by Crippen LogP contribution is -2.39. The summed E-state index contributed by atoms with van der Waals surface area (Å²) < 4.78 is 10.4. The Balaban J connectivity index is 1.27. The van der Waals surface area contributed by atoms with Gasteiger partial charge in [-0.2, -0.15) is 0 Å². The summed E-state index contributed by atoms with van der Waals surface area (Å²) in [5.41, 5.74) is 0. The fourth-order valence-corrected chi connectivity index (χ4v) is 4.20. The second-order valence-corrected chi connectivity index (χ2v) is 6.70. The van der Waals surface area contributed by atoms with Gasteiger partial charge in [-0.3, -0.25) is 24.6 Å². The molecule has 2 bridgehead atoms. The number of imide groups is 1. The molecule has 0 unspecified atom stereocenters. The van der Waals surface area contributed by atoms with Crippen molar-refractivity contribution in [3.05, 3.63) is 30.5 Å². The number of likely N-dealkylation sites (tertiary alicyclic amines) is 1. The number of anilines is 1. The van der Waals surface area contributed by atoms with Crippen molar-refractivity contribution in [2.45, 2.75) is 6.42 Å².